The Hall–Kier alpha value is -2.61. The molecule has 0 aliphatic heterocycles. The minimum atomic E-state index is -0.279. The van der Waals surface area contributed by atoms with E-state index in [9.17, 15) is 9.59 Å². The summed E-state index contributed by atoms with van der Waals surface area (Å²) in [7, 11) is 1.35. The van der Waals surface area contributed by atoms with Gasteiger partial charge >= 0.3 is 5.97 Å². The molecule has 2 rings (SSSR count). The van der Waals surface area contributed by atoms with Gasteiger partial charge in [-0.05, 0) is 17.4 Å². The smallest absolute Gasteiger partial charge is 0.305 e. The number of ether oxygens (including phenoxy) is 1. The number of carbonyl (C=O) groups excluding carboxylic acids is 2. The molecule has 0 fully saturated rings. The van der Waals surface area contributed by atoms with Crippen LogP contribution in [0.4, 0.5) is 0 Å². The molecule has 162 valence electrons. The first-order chi connectivity index (χ1) is 14.3. The summed E-state index contributed by atoms with van der Waals surface area (Å²) in [4.78, 5) is 23.2. The molecule has 0 spiro atoms. The lowest BCUT2D eigenvalue weighted by Gasteiger charge is -2.19. The summed E-state index contributed by atoms with van der Waals surface area (Å²) in [5, 5.41) is 12.1. The number of amides is 1. The van der Waals surface area contributed by atoms with E-state index in [1.54, 1.807) is 6.08 Å². The second-order valence-electron chi connectivity index (χ2n) is 7.85. The molecular weight excluding hydrogens is 400 g/mol. The number of nitrogens with zero attached hydrogens (tertiary/aromatic N) is 3. The minimum Gasteiger partial charge on any atom is -0.469 e. The third-order valence-electron chi connectivity index (χ3n) is 4.48. The quantitative estimate of drug-likeness (QED) is 0.268. The molecule has 0 bridgehead atoms. The first-order valence-corrected chi connectivity index (χ1v) is 10.9. The third-order valence-corrected chi connectivity index (χ3v) is 5.44. The van der Waals surface area contributed by atoms with Gasteiger partial charge < -0.3 is 10.1 Å². The Balaban J connectivity index is 2.01. The van der Waals surface area contributed by atoms with Gasteiger partial charge in [0, 0.05) is 25.1 Å². The summed E-state index contributed by atoms with van der Waals surface area (Å²) >= 11 is 1.32. The molecule has 1 heterocycles. The molecule has 0 aliphatic carbocycles. The van der Waals surface area contributed by atoms with E-state index < -0.39 is 0 Å². The molecule has 0 atom stereocenters. The number of nitrogens with one attached hydrogen (secondary N) is 1. The predicted molar refractivity (Wildman–Crippen MR) is 119 cm³/mol. The standard InChI is InChI=1S/C22H30N4O3S/c1-6-14-26-20(16-9-11-17(12-10-16)22(2,3)4)24-25-21(26)30-15-18(27)23-13-7-8-19(28)29-5/h6,9-12H,1,7-8,13-15H2,2-5H3,(H,23,27). The molecule has 1 aromatic heterocycles. The normalized spacial score (nSPS) is 11.2. The number of hydrogen-bond donors (Lipinski definition) is 1. The van der Waals surface area contributed by atoms with Gasteiger partial charge in [0.15, 0.2) is 11.0 Å². The molecular formula is C22H30N4O3S. The zero-order valence-electron chi connectivity index (χ0n) is 18.1. The summed E-state index contributed by atoms with van der Waals surface area (Å²) < 4.78 is 6.53. The molecule has 1 amide bonds. The predicted octanol–water partition coefficient (Wildman–Crippen LogP) is 3.59. The fraction of sp³-hybridized carbons (Fsp3) is 0.455. The van der Waals surface area contributed by atoms with E-state index in [0.717, 1.165) is 11.4 Å². The molecule has 0 aliphatic rings. The number of esters is 1. The molecule has 30 heavy (non-hydrogen) atoms. The van der Waals surface area contributed by atoms with Crippen LogP contribution in [0.3, 0.4) is 0 Å². The van der Waals surface area contributed by atoms with E-state index in [1.807, 2.05) is 16.7 Å². The minimum absolute atomic E-state index is 0.0819. The fourth-order valence-electron chi connectivity index (χ4n) is 2.77. The lowest BCUT2D eigenvalue weighted by Crippen LogP contribution is -2.26. The van der Waals surface area contributed by atoms with Gasteiger partial charge in [-0.1, -0.05) is 62.9 Å². The third kappa shape index (κ3) is 6.73. The van der Waals surface area contributed by atoms with Crippen LogP contribution in [0, 0.1) is 0 Å². The largest absolute Gasteiger partial charge is 0.469 e. The average Bonchev–Trinajstić information content (AvgIpc) is 3.11. The van der Waals surface area contributed by atoms with Gasteiger partial charge in [0.25, 0.3) is 0 Å². The van der Waals surface area contributed by atoms with Crippen molar-refractivity contribution >= 4 is 23.6 Å². The van der Waals surface area contributed by atoms with Crippen LogP contribution < -0.4 is 5.32 Å². The van der Waals surface area contributed by atoms with Gasteiger partial charge in [0.1, 0.15) is 0 Å². The maximum absolute atomic E-state index is 12.1. The number of carbonyl (C=O) groups is 2. The SMILES string of the molecule is C=CCn1c(SCC(=O)NCCCC(=O)OC)nnc1-c1ccc(C(C)(C)C)cc1. The summed E-state index contributed by atoms with van der Waals surface area (Å²) in [6.45, 7) is 11.3. The van der Waals surface area contributed by atoms with Crippen molar-refractivity contribution in [2.24, 2.45) is 0 Å². The second kappa shape index (κ2) is 11.0. The molecule has 0 saturated carbocycles. The van der Waals surface area contributed by atoms with Crippen LogP contribution in [0.15, 0.2) is 42.1 Å². The number of thioether (sulfide) groups is 1. The topological polar surface area (TPSA) is 86.1 Å². The lowest BCUT2D eigenvalue weighted by atomic mass is 9.87. The number of aromatic nitrogens is 3. The van der Waals surface area contributed by atoms with Crippen molar-refractivity contribution in [1.82, 2.24) is 20.1 Å². The van der Waals surface area contributed by atoms with Crippen LogP contribution in [-0.2, 0) is 26.3 Å². The highest BCUT2D eigenvalue weighted by molar-refractivity contribution is 7.99. The van der Waals surface area contributed by atoms with Crippen LogP contribution in [0.1, 0.15) is 39.2 Å². The number of hydrogen-bond acceptors (Lipinski definition) is 6. The highest BCUT2D eigenvalue weighted by Gasteiger charge is 2.17. The van der Waals surface area contributed by atoms with Crippen molar-refractivity contribution in [1.29, 1.82) is 0 Å². The summed E-state index contributed by atoms with van der Waals surface area (Å²) in [5.41, 5.74) is 2.30. The van der Waals surface area contributed by atoms with Crippen LogP contribution in [0.5, 0.6) is 0 Å². The summed E-state index contributed by atoms with van der Waals surface area (Å²) in [5.74, 6) is 0.570. The number of rotatable bonds is 10. The van der Waals surface area contributed by atoms with Gasteiger partial charge in [-0.3, -0.25) is 14.2 Å². The van der Waals surface area contributed by atoms with Gasteiger partial charge in [0.05, 0.1) is 12.9 Å². The van der Waals surface area contributed by atoms with Crippen LogP contribution in [0.2, 0.25) is 0 Å². The maximum Gasteiger partial charge on any atom is 0.305 e. The van der Waals surface area contributed by atoms with E-state index in [-0.39, 0.29) is 29.5 Å². The Morgan fingerprint density at radius 3 is 2.53 bits per heavy atom. The first-order valence-electron chi connectivity index (χ1n) is 9.87. The Labute approximate surface area is 182 Å². The zero-order chi connectivity index (χ0) is 22.1. The molecule has 0 saturated heterocycles. The second-order valence-corrected chi connectivity index (χ2v) is 8.79. The van der Waals surface area contributed by atoms with Gasteiger partial charge in [-0.2, -0.15) is 0 Å². The number of allylic oxidation sites excluding steroid dienone is 1. The molecule has 0 unspecified atom stereocenters. The van der Waals surface area contributed by atoms with Gasteiger partial charge in [-0.15, -0.1) is 16.8 Å². The van der Waals surface area contributed by atoms with Gasteiger partial charge in [-0.25, -0.2) is 0 Å². The van der Waals surface area contributed by atoms with Crippen molar-refractivity contribution in [3.8, 4) is 11.4 Å². The van der Waals surface area contributed by atoms with E-state index >= 15 is 0 Å². The van der Waals surface area contributed by atoms with E-state index in [4.69, 9.17) is 0 Å². The van der Waals surface area contributed by atoms with Crippen molar-refractivity contribution in [2.45, 2.75) is 50.7 Å². The van der Waals surface area contributed by atoms with E-state index in [1.165, 1.54) is 24.4 Å². The Morgan fingerprint density at radius 1 is 1.23 bits per heavy atom. The lowest BCUT2D eigenvalue weighted by molar-refractivity contribution is -0.140. The van der Waals surface area contributed by atoms with Crippen molar-refractivity contribution in [2.75, 3.05) is 19.4 Å². The monoisotopic (exact) mass is 430 g/mol. The van der Waals surface area contributed by atoms with Crippen LogP contribution in [0.25, 0.3) is 11.4 Å². The Bertz CT molecular complexity index is 869. The highest BCUT2D eigenvalue weighted by Crippen LogP contribution is 2.27. The molecule has 2 aromatic rings. The number of benzene rings is 1. The van der Waals surface area contributed by atoms with Crippen LogP contribution >= 0.6 is 11.8 Å². The Morgan fingerprint density at radius 2 is 1.93 bits per heavy atom. The molecule has 8 heteroatoms. The van der Waals surface area contributed by atoms with Crippen molar-refractivity contribution < 1.29 is 14.3 Å². The fourth-order valence-corrected chi connectivity index (χ4v) is 3.54. The summed E-state index contributed by atoms with van der Waals surface area (Å²) in [6.07, 6.45) is 2.62. The van der Waals surface area contributed by atoms with Crippen molar-refractivity contribution in [3.63, 3.8) is 0 Å². The highest BCUT2D eigenvalue weighted by atomic mass is 32.2. The molecule has 7 nitrogen and oxygen atoms in total. The number of methoxy groups -OCH3 is 1. The Kier molecular flexibility index (Phi) is 8.65. The molecule has 0 radical (unpaired) electrons. The first kappa shape index (κ1) is 23.7. The zero-order valence-corrected chi connectivity index (χ0v) is 18.9. The average molecular weight is 431 g/mol. The maximum atomic E-state index is 12.1. The van der Waals surface area contributed by atoms with Crippen molar-refractivity contribution in [3.05, 3.63) is 42.5 Å². The summed E-state index contributed by atoms with van der Waals surface area (Å²) in [6, 6.07) is 8.31. The molecule has 1 aromatic carbocycles. The van der Waals surface area contributed by atoms with Gasteiger partial charge in [0.2, 0.25) is 5.91 Å². The van der Waals surface area contributed by atoms with E-state index in [0.29, 0.717) is 24.7 Å². The van der Waals surface area contributed by atoms with E-state index in [2.05, 4.69) is 59.7 Å². The molecule has 1 N–H and O–H groups in total. The van der Waals surface area contributed by atoms with Crippen LogP contribution in [-0.4, -0.2) is 46.0 Å².